The van der Waals surface area contributed by atoms with Crippen molar-refractivity contribution in [1.82, 2.24) is 14.8 Å². The van der Waals surface area contributed by atoms with Crippen LogP contribution in [0.3, 0.4) is 0 Å². The number of halogens is 2. The number of carboxylic acids is 1. The van der Waals surface area contributed by atoms with Gasteiger partial charge in [-0.2, -0.15) is 0 Å². The number of rotatable bonds is 10. The van der Waals surface area contributed by atoms with E-state index in [1.165, 1.54) is 0 Å². The minimum absolute atomic E-state index is 0.0442. The fraction of sp³-hybridized carbons (Fsp3) is 0.292. The Kier molecular flexibility index (Phi) is 9.69. The third-order valence-electron chi connectivity index (χ3n) is 4.73. The van der Waals surface area contributed by atoms with E-state index < -0.39 is 5.97 Å². The quantitative estimate of drug-likeness (QED) is 0.151. The first-order valence-electron chi connectivity index (χ1n) is 10.6. The summed E-state index contributed by atoms with van der Waals surface area (Å²) in [5.74, 6) is 1.60. The second kappa shape index (κ2) is 12.3. The zero-order valence-electron chi connectivity index (χ0n) is 19.8. The third kappa shape index (κ3) is 6.82. The van der Waals surface area contributed by atoms with Crippen LogP contribution in [0, 0.1) is 7.14 Å². The number of carbonyl (C=O) groups is 1. The van der Waals surface area contributed by atoms with E-state index in [9.17, 15) is 9.90 Å². The lowest BCUT2D eigenvalue weighted by atomic mass is 10.2. The van der Waals surface area contributed by atoms with Gasteiger partial charge in [0, 0.05) is 18.2 Å². The number of hydrogen-bond donors (Lipinski definition) is 1. The van der Waals surface area contributed by atoms with Gasteiger partial charge < -0.3 is 23.9 Å². The molecule has 0 saturated heterocycles. The van der Waals surface area contributed by atoms with Gasteiger partial charge in [0.05, 0.1) is 27.5 Å². The largest absolute Gasteiger partial charge is 0.497 e. The highest BCUT2D eigenvalue weighted by molar-refractivity contribution is 14.1. The molecule has 11 heteroatoms. The zero-order chi connectivity index (χ0) is 25.7. The number of nitrogens with zero attached hydrogens (tertiary/aromatic N) is 3. The van der Waals surface area contributed by atoms with E-state index >= 15 is 0 Å². The fourth-order valence-electron chi connectivity index (χ4n) is 3.20. The second-order valence-corrected chi connectivity index (χ2v) is 10.9. The molecule has 0 saturated carbocycles. The molecule has 0 aliphatic heterocycles. The molecule has 35 heavy (non-hydrogen) atoms. The summed E-state index contributed by atoms with van der Waals surface area (Å²) in [5, 5.41) is 19.0. The van der Waals surface area contributed by atoms with Crippen molar-refractivity contribution >= 4 is 69.0 Å². The molecule has 0 aliphatic carbocycles. The smallest absolute Gasteiger partial charge is 0.342 e. The summed E-state index contributed by atoms with van der Waals surface area (Å²) in [4.78, 5) is 12.3. The fourth-order valence-corrected chi connectivity index (χ4v) is 6.15. The monoisotopic (exact) mass is 721 g/mol. The Balaban J connectivity index is 1.99. The third-order valence-corrected chi connectivity index (χ3v) is 7.33. The van der Waals surface area contributed by atoms with Crippen LogP contribution in [0.4, 0.5) is 0 Å². The van der Waals surface area contributed by atoms with Gasteiger partial charge >= 0.3 is 5.97 Å². The van der Waals surface area contributed by atoms with E-state index in [1.807, 2.05) is 49.6 Å². The molecule has 0 fully saturated rings. The molecule has 8 nitrogen and oxygen atoms in total. The lowest BCUT2D eigenvalue weighted by Crippen LogP contribution is -2.08. The highest BCUT2D eigenvalue weighted by Gasteiger charge is 2.20. The van der Waals surface area contributed by atoms with Crippen molar-refractivity contribution in [2.75, 3.05) is 14.2 Å². The predicted molar refractivity (Wildman–Crippen MR) is 153 cm³/mol. The van der Waals surface area contributed by atoms with Crippen LogP contribution in [-0.2, 0) is 11.3 Å². The molecule has 3 aromatic rings. The summed E-state index contributed by atoms with van der Waals surface area (Å²) in [5.41, 5.74) is 1.52. The molecule has 186 valence electrons. The molecule has 1 aromatic heterocycles. The Hall–Kier alpha value is -2.00. The van der Waals surface area contributed by atoms with Crippen LogP contribution in [0.2, 0.25) is 0 Å². The number of aromatic nitrogens is 3. The van der Waals surface area contributed by atoms with Gasteiger partial charge in [-0.05, 0) is 114 Å². The molecule has 0 aliphatic rings. The number of hydrogen-bond acceptors (Lipinski definition) is 7. The SMILES string of the molecule is CCn1c(S/C(=C\c2cc(I)c(OC(C)C)c(I)c2)C(=O)O)nnc1-c1cc(OC)cc(OC)c1. The van der Waals surface area contributed by atoms with Crippen LogP contribution in [0.5, 0.6) is 17.2 Å². The maximum absolute atomic E-state index is 12.1. The van der Waals surface area contributed by atoms with Crippen LogP contribution in [0.1, 0.15) is 26.3 Å². The summed E-state index contributed by atoms with van der Waals surface area (Å²) in [6, 6.07) is 9.26. The number of ether oxygens (including phenoxy) is 3. The minimum Gasteiger partial charge on any atom is -0.497 e. The Morgan fingerprint density at radius 1 is 1.09 bits per heavy atom. The van der Waals surface area contributed by atoms with Crippen LogP contribution in [0.15, 0.2) is 40.4 Å². The predicted octanol–water partition coefficient (Wildman–Crippen LogP) is 6.20. The topological polar surface area (TPSA) is 95.7 Å². The van der Waals surface area contributed by atoms with Crippen LogP contribution >= 0.6 is 56.9 Å². The standard InChI is InChI=1S/C24H25I2N3O5S/c1-6-29-22(15-10-16(32-4)12-17(11-15)33-5)27-28-24(29)35-20(23(30)31)9-14-7-18(25)21(19(26)8-14)34-13(2)3/h7-13H,6H2,1-5H3,(H,30,31)/b20-9-. The summed E-state index contributed by atoms with van der Waals surface area (Å²) in [7, 11) is 3.16. The molecular formula is C24H25I2N3O5S. The Bertz CT molecular complexity index is 1210. The maximum atomic E-state index is 12.1. The number of methoxy groups -OCH3 is 2. The maximum Gasteiger partial charge on any atom is 0.342 e. The van der Waals surface area contributed by atoms with Gasteiger partial charge in [0.25, 0.3) is 0 Å². The average Bonchev–Trinajstić information content (AvgIpc) is 3.23. The first-order valence-corrected chi connectivity index (χ1v) is 13.6. The number of carboxylic acid groups (broad SMARTS) is 1. The van der Waals surface area contributed by atoms with E-state index in [4.69, 9.17) is 14.2 Å². The average molecular weight is 721 g/mol. The highest BCUT2D eigenvalue weighted by atomic mass is 127. The number of aliphatic carboxylic acids is 1. The molecule has 0 amide bonds. The summed E-state index contributed by atoms with van der Waals surface area (Å²) < 4.78 is 20.3. The van der Waals surface area contributed by atoms with Crippen molar-refractivity contribution in [2.45, 2.75) is 38.6 Å². The van der Waals surface area contributed by atoms with E-state index in [0.29, 0.717) is 29.0 Å². The van der Waals surface area contributed by atoms with Crippen molar-refractivity contribution in [1.29, 1.82) is 0 Å². The second-order valence-electron chi connectivity index (χ2n) is 7.55. The van der Waals surface area contributed by atoms with Gasteiger partial charge in [0.2, 0.25) is 0 Å². The lowest BCUT2D eigenvalue weighted by Gasteiger charge is -2.14. The summed E-state index contributed by atoms with van der Waals surface area (Å²) in [6.07, 6.45) is 1.68. The molecule has 1 heterocycles. The Morgan fingerprint density at radius 3 is 2.17 bits per heavy atom. The lowest BCUT2D eigenvalue weighted by molar-refractivity contribution is -0.131. The van der Waals surface area contributed by atoms with Crippen molar-refractivity contribution in [3.8, 4) is 28.6 Å². The minimum atomic E-state index is -1.04. The molecule has 0 bridgehead atoms. The van der Waals surface area contributed by atoms with Gasteiger partial charge in [0.1, 0.15) is 22.2 Å². The molecular weight excluding hydrogens is 696 g/mol. The molecule has 3 rings (SSSR count). The summed E-state index contributed by atoms with van der Waals surface area (Å²) in [6.45, 7) is 6.45. The molecule has 0 atom stereocenters. The Labute approximate surface area is 235 Å². The van der Waals surface area contributed by atoms with E-state index in [0.717, 1.165) is 35.8 Å². The van der Waals surface area contributed by atoms with Gasteiger partial charge in [-0.15, -0.1) is 10.2 Å². The van der Waals surface area contributed by atoms with Crippen LogP contribution in [-0.4, -0.2) is 46.2 Å². The number of benzene rings is 2. The van der Waals surface area contributed by atoms with Crippen molar-refractivity contribution in [3.63, 3.8) is 0 Å². The molecule has 0 unspecified atom stereocenters. The molecule has 2 aromatic carbocycles. The van der Waals surface area contributed by atoms with Crippen molar-refractivity contribution < 1.29 is 24.1 Å². The Morgan fingerprint density at radius 2 is 1.69 bits per heavy atom. The van der Waals surface area contributed by atoms with Crippen molar-refractivity contribution in [3.05, 3.63) is 47.9 Å². The zero-order valence-corrected chi connectivity index (χ0v) is 25.0. The van der Waals surface area contributed by atoms with Gasteiger partial charge in [-0.3, -0.25) is 0 Å². The first-order chi connectivity index (χ1) is 16.7. The van der Waals surface area contributed by atoms with E-state index in [-0.39, 0.29) is 11.0 Å². The first kappa shape index (κ1) is 27.6. The normalized spacial score (nSPS) is 11.6. The van der Waals surface area contributed by atoms with Crippen LogP contribution in [0.25, 0.3) is 17.5 Å². The molecule has 1 N–H and O–H groups in total. The molecule has 0 radical (unpaired) electrons. The van der Waals surface area contributed by atoms with Gasteiger partial charge in [-0.1, -0.05) is 0 Å². The molecule has 0 spiro atoms. The van der Waals surface area contributed by atoms with Crippen molar-refractivity contribution in [2.24, 2.45) is 0 Å². The van der Waals surface area contributed by atoms with E-state index in [1.54, 1.807) is 26.4 Å². The highest BCUT2D eigenvalue weighted by Crippen LogP contribution is 2.35. The van der Waals surface area contributed by atoms with E-state index in [2.05, 4.69) is 55.4 Å². The van der Waals surface area contributed by atoms with Gasteiger partial charge in [0.15, 0.2) is 11.0 Å². The number of thioether (sulfide) groups is 1. The van der Waals surface area contributed by atoms with Crippen LogP contribution < -0.4 is 14.2 Å². The van der Waals surface area contributed by atoms with Gasteiger partial charge in [-0.25, -0.2) is 4.79 Å². The summed E-state index contributed by atoms with van der Waals surface area (Å²) >= 11 is 5.47.